The van der Waals surface area contributed by atoms with Crippen molar-refractivity contribution in [3.8, 4) is 0 Å². The molecule has 1 fully saturated rings. The van der Waals surface area contributed by atoms with Gasteiger partial charge in [-0.15, -0.1) is 0 Å². The third kappa shape index (κ3) is 1.13. The molecule has 0 spiro atoms. The summed E-state index contributed by atoms with van der Waals surface area (Å²) in [5, 5.41) is 3.86. The first kappa shape index (κ1) is 9.67. The fraction of sp³-hybridized carbons (Fsp3) is 0.375. The van der Waals surface area contributed by atoms with Crippen LogP contribution in [-0.2, 0) is 12.0 Å². The normalized spacial score (nSPS) is 37.4. The maximum atomic E-state index is 3.86. The maximum Gasteiger partial charge on any atom is 0.0483 e. The lowest BCUT2D eigenvalue weighted by Crippen LogP contribution is -2.46. The Bertz CT molecular complexity index is 540. The molecule has 2 heterocycles. The number of hydrogen-bond donors (Lipinski definition) is 1. The zero-order chi connectivity index (χ0) is 11.5. The van der Waals surface area contributed by atoms with Gasteiger partial charge in [0, 0.05) is 17.5 Å². The van der Waals surface area contributed by atoms with Gasteiger partial charge in [0.05, 0.1) is 0 Å². The highest BCUT2D eigenvalue weighted by Crippen LogP contribution is 2.50. The predicted octanol–water partition coefficient (Wildman–Crippen LogP) is 2.93. The van der Waals surface area contributed by atoms with E-state index in [1.807, 2.05) is 0 Å². The molecular formula is C16H17N. The Kier molecular flexibility index (Phi) is 1.77. The van der Waals surface area contributed by atoms with Crippen LogP contribution >= 0.6 is 0 Å². The van der Waals surface area contributed by atoms with E-state index in [0.29, 0.717) is 12.0 Å². The van der Waals surface area contributed by atoms with E-state index in [0.717, 1.165) is 6.42 Å². The Morgan fingerprint density at radius 1 is 1.29 bits per heavy atom. The molecule has 2 bridgehead atoms. The largest absolute Gasteiger partial charge is 0.300 e. The number of fused-ring (bicyclic) bond motifs is 7. The lowest BCUT2D eigenvalue weighted by atomic mass is 9.76. The van der Waals surface area contributed by atoms with E-state index in [2.05, 4.69) is 54.7 Å². The Hall–Kier alpha value is -1.34. The molecular weight excluding hydrogens is 206 g/mol. The molecule has 2 aliphatic heterocycles. The van der Waals surface area contributed by atoms with Crippen LogP contribution in [0.3, 0.4) is 0 Å². The standard InChI is InChI=1S/C16H17N/c1-16-13-8-4-2-6-11(13)10-15(17-16)12-7-3-5-9-14(12)16/h2-8,14-15,17H,9-10H2,1H3/t14?,15-,16?/m1/s1. The smallest absolute Gasteiger partial charge is 0.0483 e. The van der Waals surface area contributed by atoms with Crippen molar-refractivity contribution in [2.24, 2.45) is 5.92 Å². The zero-order valence-electron chi connectivity index (χ0n) is 10.1. The van der Waals surface area contributed by atoms with Crippen LogP contribution in [0.4, 0.5) is 0 Å². The molecule has 0 saturated carbocycles. The molecule has 1 heteroatoms. The van der Waals surface area contributed by atoms with Gasteiger partial charge in [-0.2, -0.15) is 0 Å². The summed E-state index contributed by atoms with van der Waals surface area (Å²) in [5.74, 6) is 0.654. The predicted molar refractivity (Wildman–Crippen MR) is 69.8 cm³/mol. The summed E-state index contributed by atoms with van der Waals surface area (Å²) in [4.78, 5) is 0. The number of rotatable bonds is 0. The summed E-state index contributed by atoms with van der Waals surface area (Å²) in [6, 6.07) is 9.51. The van der Waals surface area contributed by atoms with Crippen molar-refractivity contribution in [1.29, 1.82) is 0 Å². The SMILES string of the molecule is CC12N[C@H](Cc3ccccc31)C1=CC=CCC12. The molecule has 1 aromatic carbocycles. The highest BCUT2D eigenvalue weighted by Gasteiger charge is 2.51. The van der Waals surface area contributed by atoms with Crippen LogP contribution in [0, 0.1) is 5.92 Å². The Labute approximate surface area is 102 Å². The van der Waals surface area contributed by atoms with E-state index in [-0.39, 0.29) is 5.54 Å². The highest BCUT2D eigenvalue weighted by atomic mass is 15.1. The number of allylic oxidation sites excluding steroid dienone is 3. The topological polar surface area (TPSA) is 12.0 Å². The van der Waals surface area contributed by atoms with Gasteiger partial charge < -0.3 is 5.32 Å². The van der Waals surface area contributed by atoms with Gasteiger partial charge in [-0.1, -0.05) is 42.5 Å². The molecule has 1 aliphatic carbocycles. The summed E-state index contributed by atoms with van der Waals surface area (Å²) in [7, 11) is 0. The van der Waals surface area contributed by atoms with Crippen molar-refractivity contribution in [3.05, 3.63) is 59.2 Å². The average Bonchev–Trinajstić information content (AvgIpc) is 2.61. The molecule has 0 amide bonds. The molecule has 86 valence electrons. The van der Waals surface area contributed by atoms with Crippen LogP contribution in [-0.4, -0.2) is 6.04 Å². The minimum absolute atomic E-state index is 0.149. The molecule has 4 rings (SSSR count). The van der Waals surface area contributed by atoms with Gasteiger partial charge in [-0.25, -0.2) is 0 Å². The van der Waals surface area contributed by atoms with Gasteiger partial charge in [0.1, 0.15) is 0 Å². The third-order valence-corrected chi connectivity index (χ3v) is 4.77. The molecule has 1 nitrogen and oxygen atoms in total. The Morgan fingerprint density at radius 2 is 2.18 bits per heavy atom. The number of benzene rings is 1. The molecule has 2 unspecified atom stereocenters. The van der Waals surface area contributed by atoms with Crippen LogP contribution < -0.4 is 5.32 Å². The first-order chi connectivity index (χ1) is 8.29. The molecule has 0 radical (unpaired) electrons. The van der Waals surface area contributed by atoms with Crippen LogP contribution in [0.2, 0.25) is 0 Å². The fourth-order valence-corrected chi connectivity index (χ4v) is 3.98. The van der Waals surface area contributed by atoms with Crippen molar-refractivity contribution in [3.63, 3.8) is 0 Å². The first-order valence-electron chi connectivity index (χ1n) is 6.52. The lowest BCUT2D eigenvalue weighted by Gasteiger charge is -2.36. The monoisotopic (exact) mass is 223 g/mol. The van der Waals surface area contributed by atoms with E-state index >= 15 is 0 Å². The van der Waals surface area contributed by atoms with Crippen molar-refractivity contribution < 1.29 is 0 Å². The molecule has 0 aromatic heterocycles. The third-order valence-electron chi connectivity index (χ3n) is 4.77. The van der Waals surface area contributed by atoms with Gasteiger partial charge in [0.25, 0.3) is 0 Å². The van der Waals surface area contributed by atoms with Crippen LogP contribution in [0.15, 0.2) is 48.1 Å². The summed E-state index contributed by atoms with van der Waals surface area (Å²) < 4.78 is 0. The van der Waals surface area contributed by atoms with Crippen molar-refractivity contribution in [2.75, 3.05) is 0 Å². The summed E-state index contributed by atoms with van der Waals surface area (Å²) in [5.41, 5.74) is 4.82. The minimum Gasteiger partial charge on any atom is -0.300 e. The average molecular weight is 223 g/mol. The van der Waals surface area contributed by atoms with Gasteiger partial charge >= 0.3 is 0 Å². The molecule has 1 aromatic rings. The zero-order valence-corrected chi connectivity index (χ0v) is 10.1. The summed E-state index contributed by atoms with van der Waals surface area (Å²) >= 11 is 0. The van der Waals surface area contributed by atoms with E-state index in [1.165, 1.54) is 17.5 Å². The van der Waals surface area contributed by atoms with Gasteiger partial charge in [-0.05, 0) is 36.5 Å². The Morgan fingerprint density at radius 3 is 3.12 bits per heavy atom. The van der Waals surface area contributed by atoms with Crippen LogP contribution in [0.25, 0.3) is 0 Å². The van der Waals surface area contributed by atoms with Gasteiger partial charge in [0.2, 0.25) is 0 Å². The van der Waals surface area contributed by atoms with Crippen molar-refractivity contribution in [2.45, 2.75) is 31.3 Å². The van der Waals surface area contributed by atoms with Crippen LogP contribution in [0.5, 0.6) is 0 Å². The number of nitrogens with one attached hydrogen (secondary N) is 1. The second-order valence-electron chi connectivity index (χ2n) is 5.64. The highest BCUT2D eigenvalue weighted by molar-refractivity contribution is 5.48. The molecule has 3 atom stereocenters. The molecule has 3 aliphatic rings. The molecule has 1 saturated heterocycles. The second kappa shape index (κ2) is 3.11. The molecule has 17 heavy (non-hydrogen) atoms. The fourth-order valence-electron chi connectivity index (χ4n) is 3.98. The summed E-state index contributed by atoms with van der Waals surface area (Å²) in [6.45, 7) is 2.38. The van der Waals surface area contributed by atoms with E-state index < -0.39 is 0 Å². The molecule has 1 N–H and O–H groups in total. The lowest BCUT2D eigenvalue weighted by molar-refractivity contribution is 0.306. The van der Waals surface area contributed by atoms with Gasteiger partial charge in [0.15, 0.2) is 0 Å². The van der Waals surface area contributed by atoms with Crippen LogP contribution in [0.1, 0.15) is 24.5 Å². The minimum atomic E-state index is 0.149. The quantitative estimate of drug-likeness (QED) is 0.713. The first-order valence-corrected chi connectivity index (χ1v) is 6.52. The van der Waals surface area contributed by atoms with E-state index in [4.69, 9.17) is 0 Å². The number of hydrogen-bond acceptors (Lipinski definition) is 1. The van der Waals surface area contributed by atoms with Crippen molar-refractivity contribution in [1.82, 2.24) is 5.32 Å². The van der Waals surface area contributed by atoms with Gasteiger partial charge in [-0.3, -0.25) is 0 Å². The summed E-state index contributed by atoms with van der Waals surface area (Å²) in [6.07, 6.45) is 9.21. The Balaban J connectivity index is 1.94. The van der Waals surface area contributed by atoms with E-state index in [9.17, 15) is 0 Å². The van der Waals surface area contributed by atoms with Crippen molar-refractivity contribution >= 4 is 0 Å². The second-order valence-corrected chi connectivity index (χ2v) is 5.64. The maximum absolute atomic E-state index is 3.86. The van der Waals surface area contributed by atoms with E-state index in [1.54, 1.807) is 5.57 Å².